The van der Waals surface area contributed by atoms with Crippen LogP contribution in [0.5, 0.6) is 5.75 Å². The molecular weight excluding hydrogens is 449 g/mol. The number of nitrogens with one attached hydrogen (secondary N) is 2. The largest absolute Gasteiger partial charge is 0.468 e. The molecule has 3 heterocycles. The summed E-state index contributed by atoms with van der Waals surface area (Å²) in [6.07, 6.45) is 1.79. The lowest BCUT2D eigenvalue weighted by Gasteiger charge is -2.33. The van der Waals surface area contributed by atoms with Gasteiger partial charge < -0.3 is 29.4 Å². The molecule has 1 aliphatic rings. The van der Waals surface area contributed by atoms with Gasteiger partial charge in [0.25, 0.3) is 0 Å². The molecule has 0 bridgehead atoms. The number of benzene rings is 1. The third kappa shape index (κ3) is 6.07. The van der Waals surface area contributed by atoms with E-state index in [2.05, 4.69) is 49.0 Å². The van der Waals surface area contributed by atoms with E-state index >= 15 is 0 Å². The number of halogens is 1. The van der Waals surface area contributed by atoms with Gasteiger partial charge in [-0.05, 0) is 38.7 Å². The Hall–Kier alpha value is -3.66. The molecule has 3 aromatic rings. The summed E-state index contributed by atoms with van der Waals surface area (Å²) in [6.45, 7) is 13.0. The number of aromatic nitrogens is 2. The van der Waals surface area contributed by atoms with Gasteiger partial charge in [-0.1, -0.05) is 19.0 Å². The molecule has 1 saturated heterocycles. The van der Waals surface area contributed by atoms with E-state index in [9.17, 15) is 4.39 Å². The highest BCUT2D eigenvalue weighted by molar-refractivity contribution is 5.94. The first-order valence-corrected chi connectivity index (χ1v) is 11.6. The number of ether oxygens (including phenoxy) is 1. The van der Waals surface area contributed by atoms with Crippen LogP contribution in [0.15, 0.2) is 50.7 Å². The van der Waals surface area contributed by atoms with Crippen LogP contribution in [0, 0.1) is 12.7 Å². The molecule has 0 aliphatic carbocycles. The number of amidine groups is 1. The molecular formula is C25H32FN7O2. The average Bonchev–Trinajstić information content (AvgIpc) is 3.44. The molecule has 1 aliphatic heterocycles. The molecule has 2 N–H and O–H groups in total. The summed E-state index contributed by atoms with van der Waals surface area (Å²) in [6, 6.07) is 6.91. The Labute approximate surface area is 204 Å². The number of piperazine rings is 1. The third-order valence-electron chi connectivity index (χ3n) is 5.89. The summed E-state index contributed by atoms with van der Waals surface area (Å²) in [7, 11) is 2.09. The molecule has 0 amide bonds. The van der Waals surface area contributed by atoms with Crippen molar-refractivity contribution in [1.82, 2.24) is 19.9 Å². The van der Waals surface area contributed by atoms with Crippen LogP contribution in [0.3, 0.4) is 0 Å². The summed E-state index contributed by atoms with van der Waals surface area (Å²) < 4.78 is 25.6. The molecule has 10 heteroatoms. The van der Waals surface area contributed by atoms with E-state index in [1.54, 1.807) is 12.1 Å². The number of H-pyrrole nitrogens is 1. The molecule has 9 nitrogen and oxygen atoms in total. The van der Waals surface area contributed by atoms with Gasteiger partial charge in [0, 0.05) is 61.0 Å². The zero-order chi connectivity index (χ0) is 24.9. The molecule has 1 fully saturated rings. The minimum Gasteiger partial charge on any atom is -0.468 e. The summed E-state index contributed by atoms with van der Waals surface area (Å²) in [5.41, 5.74) is 2.54. The number of aliphatic imine (C=N–C) groups is 2. The normalized spacial score (nSPS) is 15.8. The van der Waals surface area contributed by atoms with E-state index in [1.807, 2.05) is 32.9 Å². The van der Waals surface area contributed by atoms with E-state index < -0.39 is 5.82 Å². The molecule has 186 valence electrons. The zero-order valence-electron chi connectivity index (χ0n) is 20.6. The lowest BCUT2D eigenvalue weighted by Crippen LogP contribution is -2.47. The van der Waals surface area contributed by atoms with Crippen LogP contribution in [-0.2, 0) is 0 Å². The minimum absolute atomic E-state index is 0.0474. The zero-order valence-corrected chi connectivity index (χ0v) is 20.6. The minimum atomic E-state index is -0.437. The fourth-order valence-electron chi connectivity index (χ4n) is 3.82. The van der Waals surface area contributed by atoms with E-state index in [0.717, 1.165) is 48.5 Å². The van der Waals surface area contributed by atoms with Crippen LogP contribution >= 0.6 is 0 Å². The Morgan fingerprint density at radius 3 is 2.74 bits per heavy atom. The molecule has 35 heavy (non-hydrogen) atoms. The number of hydrogen-bond acceptors (Lipinski definition) is 7. The second kappa shape index (κ2) is 10.7. The quantitative estimate of drug-likeness (QED) is 0.367. The maximum Gasteiger partial charge on any atom is 0.230 e. The number of aryl methyl sites for hydroxylation is 1. The lowest BCUT2D eigenvalue weighted by atomic mass is 10.1. The van der Waals surface area contributed by atoms with E-state index in [1.165, 1.54) is 6.07 Å². The first-order valence-electron chi connectivity index (χ1n) is 11.6. The number of likely N-dealkylation sites (N-methyl/N-ethyl adjacent to an activating group) is 1. The van der Waals surface area contributed by atoms with Crippen molar-refractivity contribution in [3.05, 3.63) is 53.4 Å². The van der Waals surface area contributed by atoms with Gasteiger partial charge in [-0.15, -0.1) is 0 Å². The van der Waals surface area contributed by atoms with Crippen molar-refractivity contribution < 1.29 is 13.7 Å². The number of anilines is 1. The highest BCUT2D eigenvalue weighted by Gasteiger charge is 2.18. The Morgan fingerprint density at radius 2 is 2.06 bits per heavy atom. The average molecular weight is 482 g/mol. The second-order valence-electron chi connectivity index (χ2n) is 8.99. The van der Waals surface area contributed by atoms with Crippen molar-refractivity contribution >= 4 is 29.3 Å². The first kappa shape index (κ1) is 24.5. The molecule has 1 aromatic carbocycles. The van der Waals surface area contributed by atoms with Crippen LogP contribution < -0.4 is 10.1 Å². The molecule has 0 spiro atoms. The van der Waals surface area contributed by atoms with Gasteiger partial charge in [-0.2, -0.15) is 0 Å². The fourth-order valence-corrected chi connectivity index (χ4v) is 3.82. The summed E-state index contributed by atoms with van der Waals surface area (Å²) >= 11 is 0. The van der Waals surface area contributed by atoms with Crippen LogP contribution in [0.25, 0.3) is 10.9 Å². The highest BCUT2D eigenvalue weighted by atomic mass is 19.1. The summed E-state index contributed by atoms with van der Waals surface area (Å²) in [5, 5.41) is 8.05. The van der Waals surface area contributed by atoms with Gasteiger partial charge in [-0.25, -0.2) is 14.4 Å². The van der Waals surface area contributed by atoms with E-state index in [-0.39, 0.29) is 18.4 Å². The molecule has 0 saturated carbocycles. The Bertz CT molecular complexity index is 1240. The second-order valence-corrected chi connectivity index (χ2v) is 8.99. The van der Waals surface area contributed by atoms with Crippen molar-refractivity contribution in [3.63, 3.8) is 0 Å². The summed E-state index contributed by atoms with van der Waals surface area (Å²) in [5.74, 6) is 1.56. The van der Waals surface area contributed by atoms with Crippen LogP contribution in [0.2, 0.25) is 0 Å². The van der Waals surface area contributed by atoms with Crippen molar-refractivity contribution in [1.29, 1.82) is 0 Å². The maximum atomic E-state index is 14.5. The lowest BCUT2D eigenvalue weighted by molar-refractivity contribution is 0.214. The maximum absolute atomic E-state index is 14.5. The van der Waals surface area contributed by atoms with E-state index in [0.29, 0.717) is 17.5 Å². The molecule has 0 unspecified atom stereocenters. The molecule has 2 aromatic heterocycles. The third-order valence-corrected chi connectivity index (χ3v) is 5.89. The van der Waals surface area contributed by atoms with Gasteiger partial charge >= 0.3 is 0 Å². The highest BCUT2D eigenvalue weighted by Crippen LogP contribution is 2.25. The predicted octanol–water partition coefficient (Wildman–Crippen LogP) is 4.36. The van der Waals surface area contributed by atoms with Crippen LogP contribution in [0.4, 0.5) is 10.3 Å². The molecule has 0 radical (unpaired) electrons. The van der Waals surface area contributed by atoms with Crippen LogP contribution in [0.1, 0.15) is 31.2 Å². The number of fused-ring (bicyclic) bond motifs is 1. The van der Waals surface area contributed by atoms with Gasteiger partial charge in [-0.3, -0.25) is 0 Å². The Balaban J connectivity index is 1.54. The smallest absolute Gasteiger partial charge is 0.230 e. The number of nitrogens with zero attached hydrogens (tertiary/aromatic N) is 5. The standard InChI is InChI=1S/C25H32FN7O2/c1-16(2)20-13-25(35-31-20)30-23(27-4)14-24(33-8-6-32(5)7-9-33)28-15-34-22-11-18-10-17(3)29-21(18)12-19(22)26/h10-14,16,29-30H,4,6-9,15H2,1-3,5H3/b23-14+,28-24+. The monoisotopic (exact) mass is 481 g/mol. The Morgan fingerprint density at radius 1 is 1.29 bits per heavy atom. The van der Waals surface area contributed by atoms with Crippen molar-refractivity contribution in [2.45, 2.75) is 26.7 Å². The topological polar surface area (TPSA) is 94.3 Å². The SMILES string of the molecule is C=N/C(=C\C(=N/COc1cc2cc(C)[nH]c2cc1F)N1CCN(C)CC1)Nc1cc(C(C)C)no1. The fraction of sp³-hybridized carbons (Fsp3) is 0.400. The van der Waals surface area contributed by atoms with Crippen LogP contribution in [-0.4, -0.2) is 72.5 Å². The summed E-state index contributed by atoms with van der Waals surface area (Å²) in [4.78, 5) is 16.3. The van der Waals surface area contributed by atoms with Gasteiger partial charge in [0.15, 0.2) is 18.3 Å². The van der Waals surface area contributed by atoms with Crippen molar-refractivity contribution in [2.75, 3.05) is 45.3 Å². The van der Waals surface area contributed by atoms with Gasteiger partial charge in [0.05, 0.1) is 5.69 Å². The predicted molar refractivity (Wildman–Crippen MR) is 137 cm³/mol. The number of aromatic amines is 1. The molecule has 0 atom stereocenters. The van der Waals surface area contributed by atoms with E-state index in [4.69, 9.17) is 9.26 Å². The van der Waals surface area contributed by atoms with Gasteiger partial charge in [0.1, 0.15) is 11.7 Å². The number of rotatable bonds is 8. The van der Waals surface area contributed by atoms with Crippen molar-refractivity contribution in [3.8, 4) is 5.75 Å². The first-order chi connectivity index (χ1) is 16.8. The number of hydrogen-bond donors (Lipinski definition) is 2. The molecule has 4 rings (SSSR count). The van der Waals surface area contributed by atoms with Crippen molar-refractivity contribution in [2.24, 2.45) is 9.98 Å². The Kier molecular flexibility index (Phi) is 7.50. The van der Waals surface area contributed by atoms with Gasteiger partial charge in [0.2, 0.25) is 5.88 Å².